The maximum atomic E-state index is 12.7. The van der Waals surface area contributed by atoms with Crippen LogP contribution in [0.5, 0.6) is 0 Å². The standard InChI is InChI=1S/C13H15ClF2N4/c1-13(2,3)8-6-10(17-7-9(8)14)19-11-4-5-18-20(11)12(15)16/h4-7,12H,1-3H3,(H,17,19). The van der Waals surface area contributed by atoms with Gasteiger partial charge in [-0.3, -0.25) is 0 Å². The van der Waals surface area contributed by atoms with Crippen LogP contribution >= 0.6 is 11.6 Å². The molecule has 0 aromatic carbocycles. The molecule has 0 aliphatic carbocycles. The second-order valence-electron chi connectivity index (χ2n) is 5.36. The van der Waals surface area contributed by atoms with Crippen LogP contribution in [-0.2, 0) is 5.41 Å². The van der Waals surface area contributed by atoms with Crippen LogP contribution in [0.3, 0.4) is 0 Å². The van der Waals surface area contributed by atoms with Crippen LogP contribution in [0.4, 0.5) is 20.4 Å². The highest BCUT2D eigenvalue weighted by Crippen LogP contribution is 2.31. The van der Waals surface area contributed by atoms with E-state index in [4.69, 9.17) is 11.6 Å². The molecule has 2 rings (SSSR count). The molecule has 0 atom stereocenters. The smallest absolute Gasteiger partial charge is 0.325 e. The summed E-state index contributed by atoms with van der Waals surface area (Å²) in [4.78, 5) is 4.10. The summed E-state index contributed by atoms with van der Waals surface area (Å²) in [5.74, 6) is 0.622. The number of hydrogen-bond donors (Lipinski definition) is 1. The van der Waals surface area contributed by atoms with Crippen LogP contribution in [0.25, 0.3) is 0 Å². The van der Waals surface area contributed by atoms with Gasteiger partial charge in [0.25, 0.3) is 0 Å². The lowest BCUT2D eigenvalue weighted by Crippen LogP contribution is -2.13. The molecule has 0 aliphatic heterocycles. The number of alkyl halides is 2. The van der Waals surface area contributed by atoms with Crippen molar-refractivity contribution in [3.05, 3.63) is 35.1 Å². The summed E-state index contributed by atoms with van der Waals surface area (Å²) in [6, 6.07) is 3.21. The Morgan fingerprint density at radius 2 is 2.05 bits per heavy atom. The van der Waals surface area contributed by atoms with Crippen LogP contribution in [0.1, 0.15) is 32.9 Å². The van der Waals surface area contributed by atoms with E-state index in [0.717, 1.165) is 5.56 Å². The van der Waals surface area contributed by atoms with E-state index in [0.29, 0.717) is 15.5 Å². The highest BCUT2D eigenvalue weighted by Gasteiger charge is 2.19. The number of hydrogen-bond acceptors (Lipinski definition) is 3. The SMILES string of the molecule is CC(C)(C)c1cc(Nc2ccnn2C(F)F)ncc1Cl. The van der Waals surface area contributed by atoms with Crippen LogP contribution in [-0.4, -0.2) is 14.8 Å². The highest BCUT2D eigenvalue weighted by atomic mass is 35.5. The molecule has 0 saturated heterocycles. The van der Waals surface area contributed by atoms with E-state index in [9.17, 15) is 8.78 Å². The molecule has 0 spiro atoms. The molecule has 0 aliphatic rings. The Balaban J connectivity index is 2.33. The second-order valence-corrected chi connectivity index (χ2v) is 5.77. The Kier molecular flexibility index (Phi) is 3.94. The quantitative estimate of drug-likeness (QED) is 0.915. The Bertz CT molecular complexity index is 605. The monoisotopic (exact) mass is 300 g/mol. The van der Waals surface area contributed by atoms with Gasteiger partial charge in [0, 0.05) is 12.3 Å². The van der Waals surface area contributed by atoms with Crippen molar-refractivity contribution in [2.75, 3.05) is 5.32 Å². The van der Waals surface area contributed by atoms with Crippen molar-refractivity contribution in [2.45, 2.75) is 32.7 Å². The molecule has 2 aromatic heterocycles. The molecule has 20 heavy (non-hydrogen) atoms. The summed E-state index contributed by atoms with van der Waals surface area (Å²) in [6.07, 6.45) is 2.81. The number of nitrogens with one attached hydrogen (secondary N) is 1. The van der Waals surface area contributed by atoms with Gasteiger partial charge in [0.15, 0.2) is 0 Å². The van der Waals surface area contributed by atoms with Gasteiger partial charge < -0.3 is 5.32 Å². The molecule has 4 nitrogen and oxygen atoms in total. The van der Waals surface area contributed by atoms with Crippen LogP contribution in [0.2, 0.25) is 5.02 Å². The van der Waals surface area contributed by atoms with Gasteiger partial charge in [-0.25, -0.2) is 4.98 Å². The third-order valence-corrected chi connectivity index (χ3v) is 3.08. The van der Waals surface area contributed by atoms with E-state index in [1.165, 1.54) is 18.5 Å². The summed E-state index contributed by atoms with van der Waals surface area (Å²) >= 11 is 6.12. The molecule has 2 aromatic rings. The summed E-state index contributed by atoms with van der Waals surface area (Å²) in [6.45, 7) is 3.34. The van der Waals surface area contributed by atoms with Gasteiger partial charge in [0.05, 0.1) is 11.2 Å². The number of aromatic nitrogens is 3. The Morgan fingerprint density at radius 3 is 2.65 bits per heavy atom. The molecule has 0 fully saturated rings. The first-order valence-corrected chi connectivity index (χ1v) is 6.41. The van der Waals surface area contributed by atoms with Gasteiger partial charge in [0.2, 0.25) is 0 Å². The topological polar surface area (TPSA) is 42.7 Å². The average Bonchev–Trinajstić information content (AvgIpc) is 2.78. The average molecular weight is 301 g/mol. The zero-order valence-corrected chi connectivity index (χ0v) is 12.1. The third kappa shape index (κ3) is 3.07. The molecule has 2 heterocycles. The minimum absolute atomic E-state index is 0.167. The molecule has 1 N–H and O–H groups in total. The Labute approximate surface area is 120 Å². The zero-order valence-electron chi connectivity index (χ0n) is 11.4. The van der Waals surface area contributed by atoms with Crippen molar-refractivity contribution in [1.82, 2.24) is 14.8 Å². The Hall–Kier alpha value is -1.69. The Morgan fingerprint density at radius 1 is 1.35 bits per heavy atom. The van der Waals surface area contributed by atoms with Gasteiger partial charge >= 0.3 is 6.55 Å². The fourth-order valence-electron chi connectivity index (χ4n) is 1.78. The molecule has 0 amide bonds. The van der Waals surface area contributed by atoms with Crippen LogP contribution < -0.4 is 5.32 Å². The molecule has 0 unspecified atom stereocenters. The van der Waals surface area contributed by atoms with Crippen molar-refractivity contribution >= 4 is 23.2 Å². The predicted octanol–water partition coefficient (Wildman–Crippen LogP) is 4.37. The lowest BCUT2D eigenvalue weighted by Gasteiger charge is -2.21. The molecular weight excluding hydrogens is 286 g/mol. The van der Waals surface area contributed by atoms with Gasteiger partial charge in [-0.15, -0.1) is 0 Å². The lowest BCUT2D eigenvalue weighted by atomic mass is 9.87. The molecule has 0 bridgehead atoms. The molecule has 0 radical (unpaired) electrons. The van der Waals surface area contributed by atoms with Crippen LogP contribution in [0.15, 0.2) is 24.5 Å². The minimum atomic E-state index is -2.71. The van der Waals surface area contributed by atoms with E-state index < -0.39 is 6.55 Å². The van der Waals surface area contributed by atoms with Crippen molar-refractivity contribution < 1.29 is 8.78 Å². The van der Waals surface area contributed by atoms with Crippen molar-refractivity contribution in [2.24, 2.45) is 0 Å². The summed E-state index contributed by atoms with van der Waals surface area (Å²) < 4.78 is 26.0. The maximum Gasteiger partial charge on any atom is 0.335 e. The van der Waals surface area contributed by atoms with Gasteiger partial charge in [-0.1, -0.05) is 32.4 Å². The molecule has 108 valence electrons. The normalized spacial score (nSPS) is 11.9. The molecule has 7 heteroatoms. The zero-order chi connectivity index (χ0) is 14.9. The van der Waals surface area contributed by atoms with Gasteiger partial charge in [0.1, 0.15) is 11.6 Å². The first-order valence-electron chi connectivity index (χ1n) is 6.04. The maximum absolute atomic E-state index is 12.7. The fraction of sp³-hybridized carbons (Fsp3) is 0.385. The minimum Gasteiger partial charge on any atom is -0.325 e. The van der Waals surface area contributed by atoms with E-state index in [2.05, 4.69) is 15.4 Å². The van der Waals surface area contributed by atoms with Crippen molar-refractivity contribution in [1.29, 1.82) is 0 Å². The van der Waals surface area contributed by atoms with E-state index in [-0.39, 0.29) is 11.2 Å². The van der Waals surface area contributed by atoms with E-state index >= 15 is 0 Å². The predicted molar refractivity (Wildman–Crippen MR) is 74.7 cm³/mol. The molecular formula is C13H15ClF2N4. The largest absolute Gasteiger partial charge is 0.335 e. The number of pyridine rings is 1. The van der Waals surface area contributed by atoms with Gasteiger partial charge in [-0.2, -0.15) is 18.6 Å². The number of anilines is 2. The number of rotatable bonds is 3. The number of halogens is 3. The van der Waals surface area contributed by atoms with E-state index in [1.807, 2.05) is 20.8 Å². The summed E-state index contributed by atoms with van der Waals surface area (Å²) in [5.41, 5.74) is 0.721. The summed E-state index contributed by atoms with van der Waals surface area (Å²) in [5, 5.41) is 6.92. The summed E-state index contributed by atoms with van der Waals surface area (Å²) in [7, 11) is 0. The highest BCUT2D eigenvalue weighted by molar-refractivity contribution is 6.31. The van der Waals surface area contributed by atoms with E-state index in [1.54, 1.807) is 6.07 Å². The third-order valence-electron chi connectivity index (χ3n) is 2.77. The lowest BCUT2D eigenvalue weighted by molar-refractivity contribution is 0.0590. The fourth-order valence-corrected chi connectivity index (χ4v) is 2.17. The van der Waals surface area contributed by atoms with Crippen molar-refractivity contribution in [3.8, 4) is 0 Å². The van der Waals surface area contributed by atoms with Crippen molar-refractivity contribution in [3.63, 3.8) is 0 Å². The molecule has 0 saturated carbocycles. The second kappa shape index (κ2) is 5.36. The van der Waals surface area contributed by atoms with Gasteiger partial charge in [-0.05, 0) is 17.0 Å². The number of nitrogens with zero attached hydrogens (tertiary/aromatic N) is 3. The first kappa shape index (κ1) is 14.7. The first-order chi connectivity index (χ1) is 9.29. The van der Waals surface area contributed by atoms with Crippen LogP contribution in [0, 0.1) is 0 Å².